The highest BCUT2D eigenvalue weighted by Crippen LogP contribution is 2.19. The molecular weight excluding hydrogens is 224 g/mol. The van der Waals surface area contributed by atoms with Gasteiger partial charge in [0.15, 0.2) is 0 Å². The van der Waals surface area contributed by atoms with Crippen molar-refractivity contribution in [1.82, 2.24) is 0 Å². The van der Waals surface area contributed by atoms with Gasteiger partial charge in [0.25, 0.3) is 0 Å². The average molecular weight is 240 g/mol. The molecule has 1 aromatic carbocycles. The van der Waals surface area contributed by atoms with Crippen LogP contribution < -0.4 is 5.73 Å². The molecule has 2 unspecified atom stereocenters. The molecule has 5 heteroatoms. The van der Waals surface area contributed by atoms with Gasteiger partial charge in [-0.15, -0.1) is 0 Å². The normalized spacial score (nSPS) is 14.4. The number of aliphatic hydroxyl groups is 2. The largest absolute Gasteiger partial charge is 0.390 e. The van der Waals surface area contributed by atoms with Gasteiger partial charge in [0, 0.05) is 5.56 Å². The Morgan fingerprint density at radius 2 is 1.88 bits per heavy atom. The lowest BCUT2D eigenvalue weighted by molar-refractivity contribution is 0.0172. The zero-order valence-corrected chi connectivity index (χ0v) is 9.69. The summed E-state index contributed by atoms with van der Waals surface area (Å²) in [4.78, 5) is 0. The number of hydrogen-bond acceptors (Lipinski definition) is 4. The van der Waals surface area contributed by atoms with Gasteiger partial charge in [-0.25, -0.2) is 0 Å². The predicted octanol–water partition coefficient (Wildman–Crippen LogP) is 0.685. The molecule has 0 fully saturated rings. The smallest absolute Gasteiger partial charge is 0.122 e. The van der Waals surface area contributed by atoms with Crippen LogP contribution in [-0.2, 0) is 0 Å². The molecule has 0 saturated heterocycles. The monoisotopic (exact) mass is 240 g/mol. The molecule has 4 nitrogen and oxygen atoms in total. The third-order valence-corrected chi connectivity index (χ3v) is 2.61. The molecule has 0 bridgehead atoms. The molecule has 0 saturated carbocycles. The number of benzene rings is 1. The molecule has 1 rings (SSSR count). The van der Waals surface area contributed by atoms with E-state index in [0.717, 1.165) is 0 Å². The molecule has 0 aliphatic rings. The molecule has 0 aliphatic heterocycles. The lowest BCUT2D eigenvalue weighted by Gasteiger charge is -2.17. The summed E-state index contributed by atoms with van der Waals surface area (Å²) in [5.41, 5.74) is 6.52. The second-order valence-corrected chi connectivity index (χ2v) is 4.01. The highest BCUT2D eigenvalue weighted by atomic mass is 32.1. The quantitative estimate of drug-likeness (QED) is 0.298. The van der Waals surface area contributed by atoms with E-state index in [4.69, 9.17) is 11.1 Å². The van der Waals surface area contributed by atoms with Gasteiger partial charge in [0.1, 0.15) is 11.9 Å². The minimum absolute atomic E-state index is 0.0167. The highest BCUT2D eigenvalue weighted by Gasteiger charge is 2.17. The van der Waals surface area contributed by atoms with Gasteiger partial charge in [-0.1, -0.05) is 24.3 Å². The highest BCUT2D eigenvalue weighted by molar-refractivity contribution is 7.80. The van der Waals surface area contributed by atoms with Crippen molar-refractivity contribution < 1.29 is 10.2 Å². The first-order chi connectivity index (χ1) is 7.56. The fraction of sp³-hybridized carbons (Fsp3) is 0.364. The number of amidine groups is 1. The third kappa shape index (κ3) is 3.23. The number of nitrogens with two attached hydrogens (primary N) is 1. The molecular formula is C11H16N2O2S. The molecule has 0 aliphatic carbocycles. The van der Waals surface area contributed by atoms with Crippen LogP contribution in [0.15, 0.2) is 24.3 Å². The standard InChI is InChI=1S/C11H16N2O2S/c12-11(13)8-3-1-7(2-4-8)10(15)9(14)5-6-16/h1-4,9-10,14-16H,5-6H2,(H3,12,13). The van der Waals surface area contributed by atoms with Crippen LogP contribution >= 0.6 is 12.6 Å². The van der Waals surface area contributed by atoms with Gasteiger partial charge in [-0.2, -0.15) is 12.6 Å². The molecule has 0 amide bonds. The maximum absolute atomic E-state index is 9.78. The second-order valence-electron chi connectivity index (χ2n) is 3.56. The molecule has 0 heterocycles. The summed E-state index contributed by atoms with van der Waals surface area (Å²) in [6, 6.07) is 6.61. The Bertz CT molecular complexity index is 354. The van der Waals surface area contributed by atoms with Crippen molar-refractivity contribution in [3.05, 3.63) is 35.4 Å². The molecule has 1 aromatic rings. The molecule has 0 radical (unpaired) electrons. The minimum Gasteiger partial charge on any atom is -0.390 e. The van der Waals surface area contributed by atoms with Crippen molar-refractivity contribution in [1.29, 1.82) is 5.41 Å². The second kappa shape index (κ2) is 5.89. The van der Waals surface area contributed by atoms with Crippen LogP contribution in [0.25, 0.3) is 0 Å². The van der Waals surface area contributed by atoms with E-state index in [2.05, 4.69) is 12.6 Å². The third-order valence-electron chi connectivity index (χ3n) is 2.35. The number of aliphatic hydroxyl groups excluding tert-OH is 2. The Morgan fingerprint density at radius 1 is 1.31 bits per heavy atom. The average Bonchev–Trinajstić information content (AvgIpc) is 2.28. The van der Waals surface area contributed by atoms with Crippen LogP contribution in [-0.4, -0.2) is 27.9 Å². The zero-order valence-electron chi connectivity index (χ0n) is 8.80. The summed E-state index contributed by atoms with van der Waals surface area (Å²) >= 11 is 3.99. The SMILES string of the molecule is N=C(N)c1ccc(C(O)C(O)CCS)cc1. The predicted molar refractivity (Wildman–Crippen MR) is 66.9 cm³/mol. The Labute approximate surface area is 100 Å². The lowest BCUT2D eigenvalue weighted by atomic mass is 10.0. The van der Waals surface area contributed by atoms with Gasteiger partial charge >= 0.3 is 0 Å². The van der Waals surface area contributed by atoms with E-state index in [1.165, 1.54) is 0 Å². The van der Waals surface area contributed by atoms with E-state index in [0.29, 0.717) is 23.3 Å². The number of nitrogen functional groups attached to an aromatic ring is 1. The first kappa shape index (κ1) is 13.0. The Hall–Kier alpha value is -1.04. The zero-order chi connectivity index (χ0) is 12.1. The lowest BCUT2D eigenvalue weighted by Crippen LogP contribution is -2.19. The summed E-state index contributed by atoms with van der Waals surface area (Å²) < 4.78 is 0. The minimum atomic E-state index is -0.923. The first-order valence-electron chi connectivity index (χ1n) is 4.97. The van der Waals surface area contributed by atoms with Gasteiger partial charge in [0.05, 0.1) is 6.10 Å². The molecule has 16 heavy (non-hydrogen) atoms. The number of thiol groups is 1. The van der Waals surface area contributed by atoms with Gasteiger partial charge < -0.3 is 15.9 Å². The first-order valence-corrected chi connectivity index (χ1v) is 5.61. The van der Waals surface area contributed by atoms with Crippen molar-refractivity contribution >= 4 is 18.5 Å². The van der Waals surface area contributed by atoms with E-state index < -0.39 is 12.2 Å². The molecule has 0 aromatic heterocycles. The summed E-state index contributed by atoms with van der Waals surface area (Å²) in [7, 11) is 0. The van der Waals surface area contributed by atoms with E-state index in [1.807, 2.05) is 0 Å². The Kier molecular flexibility index (Phi) is 4.79. The van der Waals surface area contributed by atoms with Crippen molar-refractivity contribution in [2.75, 3.05) is 5.75 Å². The summed E-state index contributed by atoms with van der Waals surface area (Å²) in [5, 5.41) is 26.6. The number of rotatable bonds is 5. The van der Waals surface area contributed by atoms with Crippen LogP contribution in [0.4, 0.5) is 0 Å². The fourth-order valence-corrected chi connectivity index (χ4v) is 1.64. The van der Waals surface area contributed by atoms with Crippen LogP contribution in [0.5, 0.6) is 0 Å². The molecule has 5 N–H and O–H groups in total. The van der Waals surface area contributed by atoms with Gasteiger partial charge in [-0.3, -0.25) is 5.41 Å². The van der Waals surface area contributed by atoms with Crippen LogP contribution in [0.3, 0.4) is 0 Å². The Balaban J connectivity index is 2.77. The summed E-state index contributed by atoms with van der Waals surface area (Å²) in [6.07, 6.45) is -1.31. The van der Waals surface area contributed by atoms with Crippen LogP contribution in [0.2, 0.25) is 0 Å². The molecule has 88 valence electrons. The van der Waals surface area contributed by atoms with Gasteiger partial charge in [-0.05, 0) is 17.7 Å². The number of hydrogen-bond donors (Lipinski definition) is 5. The molecule has 0 spiro atoms. The van der Waals surface area contributed by atoms with E-state index >= 15 is 0 Å². The molecule has 2 atom stereocenters. The summed E-state index contributed by atoms with van der Waals surface area (Å²) in [6.45, 7) is 0. The maximum atomic E-state index is 9.78. The Morgan fingerprint density at radius 3 is 2.31 bits per heavy atom. The van der Waals surface area contributed by atoms with E-state index in [9.17, 15) is 10.2 Å². The maximum Gasteiger partial charge on any atom is 0.122 e. The van der Waals surface area contributed by atoms with Gasteiger partial charge in [0.2, 0.25) is 0 Å². The fourth-order valence-electron chi connectivity index (χ4n) is 1.37. The van der Waals surface area contributed by atoms with E-state index in [-0.39, 0.29) is 5.84 Å². The van der Waals surface area contributed by atoms with Crippen LogP contribution in [0.1, 0.15) is 23.7 Å². The van der Waals surface area contributed by atoms with Crippen molar-refractivity contribution in [3.63, 3.8) is 0 Å². The van der Waals surface area contributed by atoms with Crippen molar-refractivity contribution in [2.24, 2.45) is 5.73 Å². The van der Waals surface area contributed by atoms with Crippen molar-refractivity contribution in [3.8, 4) is 0 Å². The van der Waals surface area contributed by atoms with Crippen LogP contribution in [0, 0.1) is 5.41 Å². The summed E-state index contributed by atoms with van der Waals surface area (Å²) in [5.74, 6) is 0.501. The van der Waals surface area contributed by atoms with E-state index in [1.54, 1.807) is 24.3 Å². The number of nitrogens with one attached hydrogen (secondary N) is 1. The van der Waals surface area contributed by atoms with Crippen molar-refractivity contribution in [2.45, 2.75) is 18.6 Å². The topological polar surface area (TPSA) is 90.3 Å².